The molecule has 0 atom stereocenters. The van der Waals surface area contributed by atoms with Crippen molar-refractivity contribution in [2.24, 2.45) is 0 Å². The van der Waals surface area contributed by atoms with Gasteiger partial charge in [0.1, 0.15) is 0 Å². The second-order valence-corrected chi connectivity index (χ2v) is 8.03. The molecule has 1 rings (SSSR count). The summed E-state index contributed by atoms with van der Waals surface area (Å²) in [6.45, 7) is 5.63. The molecule has 1 aromatic carbocycles. The van der Waals surface area contributed by atoms with E-state index in [1.165, 1.54) is 0 Å². The standard InChI is InChI=1S/C14H23ClO2Si/c1-3-5-12-16-18(15,17-13-6-4-2)14-10-8-7-9-11-14/h7-11H,3-6,12-13H2,1-2H3. The van der Waals surface area contributed by atoms with Crippen molar-refractivity contribution < 1.29 is 8.85 Å². The smallest absolute Gasteiger partial charge is 0.380 e. The number of unbranched alkanes of at least 4 members (excludes halogenated alkanes) is 2. The molecular formula is C14H23ClO2Si. The molecule has 4 heteroatoms. The maximum Gasteiger partial charge on any atom is 0.478 e. The van der Waals surface area contributed by atoms with Gasteiger partial charge in [-0.2, -0.15) is 0 Å². The van der Waals surface area contributed by atoms with Gasteiger partial charge in [0.25, 0.3) is 0 Å². The predicted octanol–water partition coefficient (Wildman–Crippen LogP) is 3.70. The maximum atomic E-state index is 6.63. The Kier molecular flexibility index (Phi) is 7.59. The molecule has 18 heavy (non-hydrogen) atoms. The first-order valence-corrected chi connectivity index (χ1v) is 9.58. The second-order valence-electron chi connectivity index (χ2n) is 4.31. The van der Waals surface area contributed by atoms with Crippen LogP contribution in [0.3, 0.4) is 0 Å². The summed E-state index contributed by atoms with van der Waals surface area (Å²) in [5.74, 6) is 0. The Bertz CT molecular complexity index is 309. The van der Waals surface area contributed by atoms with Crippen LogP contribution in [-0.4, -0.2) is 21.1 Å². The quantitative estimate of drug-likeness (QED) is 0.391. The van der Waals surface area contributed by atoms with E-state index in [0.29, 0.717) is 13.2 Å². The fourth-order valence-corrected chi connectivity index (χ4v) is 4.20. The van der Waals surface area contributed by atoms with Crippen molar-refractivity contribution in [1.82, 2.24) is 0 Å². The fourth-order valence-electron chi connectivity index (χ4n) is 1.54. The third-order valence-electron chi connectivity index (χ3n) is 2.69. The van der Waals surface area contributed by atoms with Crippen LogP contribution >= 0.6 is 11.1 Å². The first-order valence-electron chi connectivity index (χ1n) is 6.75. The summed E-state index contributed by atoms with van der Waals surface area (Å²) in [5, 5.41) is 0.999. The van der Waals surface area contributed by atoms with Crippen molar-refractivity contribution in [2.45, 2.75) is 39.5 Å². The van der Waals surface area contributed by atoms with Gasteiger partial charge in [0, 0.05) is 18.4 Å². The van der Waals surface area contributed by atoms with Gasteiger partial charge in [0.15, 0.2) is 0 Å². The molecule has 0 radical (unpaired) electrons. The zero-order chi connectivity index (χ0) is 13.3. The molecule has 0 spiro atoms. The third kappa shape index (κ3) is 5.10. The van der Waals surface area contributed by atoms with Crippen LogP contribution < -0.4 is 5.19 Å². The molecule has 0 unspecified atom stereocenters. The monoisotopic (exact) mass is 286 g/mol. The van der Waals surface area contributed by atoms with Gasteiger partial charge in [0.05, 0.1) is 0 Å². The average molecular weight is 287 g/mol. The highest BCUT2D eigenvalue weighted by atomic mass is 35.6. The second kappa shape index (κ2) is 8.70. The molecule has 0 saturated heterocycles. The Balaban J connectivity index is 2.67. The maximum absolute atomic E-state index is 6.63. The summed E-state index contributed by atoms with van der Waals surface area (Å²) in [6.07, 6.45) is 4.24. The van der Waals surface area contributed by atoms with Crippen LogP contribution in [0.15, 0.2) is 30.3 Å². The summed E-state index contributed by atoms with van der Waals surface area (Å²) < 4.78 is 11.8. The molecule has 0 aliphatic heterocycles. The Morgan fingerprint density at radius 2 is 1.44 bits per heavy atom. The van der Waals surface area contributed by atoms with Gasteiger partial charge in [-0.1, -0.05) is 68.1 Å². The number of benzene rings is 1. The Morgan fingerprint density at radius 1 is 0.944 bits per heavy atom. The summed E-state index contributed by atoms with van der Waals surface area (Å²) in [7, 11) is -2.73. The zero-order valence-corrected chi connectivity index (χ0v) is 13.1. The molecule has 2 nitrogen and oxygen atoms in total. The number of halogens is 1. The minimum absolute atomic E-state index is 0.674. The van der Waals surface area contributed by atoms with E-state index in [4.69, 9.17) is 19.9 Å². The van der Waals surface area contributed by atoms with Crippen LogP contribution in [0.4, 0.5) is 0 Å². The molecule has 0 aliphatic rings. The highest BCUT2D eigenvalue weighted by Gasteiger charge is 2.38. The van der Waals surface area contributed by atoms with Crippen molar-refractivity contribution in [2.75, 3.05) is 13.2 Å². The molecule has 0 aromatic heterocycles. The number of hydrogen-bond acceptors (Lipinski definition) is 2. The highest BCUT2D eigenvalue weighted by Crippen LogP contribution is 2.15. The molecule has 0 bridgehead atoms. The molecule has 0 heterocycles. The van der Waals surface area contributed by atoms with Crippen molar-refractivity contribution in [3.63, 3.8) is 0 Å². The normalized spacial score (nSPS) is 11.7. The zero-order valence-electron chi connectivity index (χ0n) is 11.3. The minimum atomic E-state index is -2.73. The predicted molar refractivity (Wildman–Crippen MR) is 79.4 cm³/mol. The van der Waals surface area contributed by atoms with Gasteiger partial charge in [-0.3, -0.25) is 0 Å². The average Bonchev–Trinajstić information content (AvgIpc) is 2.40. The minimum Gasteiger partial charge on any atom is -0.380 e. The topological polar surface area (TPSA) is 18.5 Å². The van der Waals surface area contributed by atoms with E-state index in [1.807, 2.05) is 30.3 Å². The van der Waals surface area contributed by atoms with E-state index in [0.717, 1.165) is 30.9 Å². The molecule has 0 N–H and O–H groups in total. The van der Waals surface area contributed by atoms with Gasteiger partial charge in [-0.15, -0.1) is 0 Å². The van der Waals surface area contributed by atoms with Crippen LogP contribution in [0.25, 0.3) is 0 Å². The van der Waals surface area contributed by atoms with Crippen LogP contribution in [0, 0.1) is 0 Å². The van der Waals surface area contributed by atoms with Crippen molar-refractivity contribution in [3.8, 4) is 0 Å². The number of hydrogen-bond donors (Lipinski definition) is 0. The summed E-state index contributed by atoms with van der Waals surface area (Å²) in [4.78, 5) is 0. The Labute approximate surface area is 116 Å². The lowest BCUT2D eigenvalue weighted by Crippen LogP contribution is -2.49. The van der Waals surface area contributed by atoms with Crippen LogP contribution in [0.1, 0.15) is 39.5 Å². The summed E-state index contributed by atoms with van der Waals surface area (Å²) in [5.41, 5.74) is 0. The van der Waals surface area contributed by atoms with Crippen molar-refractivity contribution >= 4 is 24.1 Å². The van der Waals surface area contributed by atoms with Gasteiger partial charge >= 0.3 is 7.87 Å². The van der Waals surface area contributed by atoms with E-state index in [1.54, 1.807) is 0 Å². The molecule has 0 amide bonds. The molecular weight excluding hydrogens is 264 g/mol. The van der Waals surface area contributed by atoms with Crippen LogP contribution in [-0.2, 0) is 8.85 Å². The molecule has 0 fully saturated rings. The SMILES string of the molecule is CCCCO[Si](Cl)(OCCCC)c1ccccc1. The third-order valence-corrected chi connectivity index (χ3v) is 6.17. The van der Waals surface area contributed by atoms with E-state index >= 15 is 0 Å². The fraction of sp³-hybridized carbons (Fsp3) is 0.571. The Hall–Kier alpha value is -0.353. The number of rotatable bonds is 9. The van der Waals surface area contributed by atoms with Crippen molar-refractivity contribution in [3.05, 3.63) is 30.3 Å². The van der Waals surface area contributed by atoms with Crippen LogP contribution in [0.5, 0.6) is 0 Å². The molecule has 1 aromatic rings. The van der Waals surface area contributed by atoms with E-state index in [9.17, 15) is 0 Å². The lowest BCUT2D eigenvalue weighted by Gasteiger charge is -2.24. The molecule has 102 valence electrons. The summed E-state index contributed by atoms with van der Waals surface area (Å²) >= 11 is 6.63. The van der Waals surface area contributed by atoms with E-state index < -0.39 is 7.87 Å². The van der Waals surface area contributed by atoms with E-state index in [2.05, 4.69) is 13.8 Å². The lowest BCUT2D eigenvalue weighted by molar-refractivity contribution is 0.193. The molecule has 0 aliphatic carbocycles. The lowest BCUT2D eigenvalue weighted by atomic mass is 10.4. The van der Waals surface area contributed by atoms with Gasteiger partial charge in [0.2, 0.25) is 0 Å². The first kappa shape index (κ1) is 15.7. The van der Waals surface area contributed by atoms with Crippen LogP contribution in [0.2, 0.25) is 0 Å². The van der Waals surface area contributed by atoms with Gasteiger partial charge < -0.3 is 8.85 Å². The molecule has 0 saturated carbocycles. The van der Waals surface area contributed by atoms with Gasteiger partial charge in [-0.05, 0) is 12.8 Å². The van der Waals surface area contributed by atoms with Gasteiger partial charge in [-0.25, -0.2) is 0 Å². The summed E-state index contributed by atoms with van der Waals surface area (Å²) in [6, 6.07) is 9.93. The largest absolute Gasteiger partial charge is 0.478 e. The Morgan fingerprint density at radius 3 is 1.89 bits per heavy atom. The van der Waals surface area contributed by atoms with Crippen molar-refractivity contribution in [1.29, 1.82) is 0 Å². The van der Waals surface area contributed by atoms with E-state index in [-0.39, 0.29) is 0 Å². The highest BCUT2D eigenvalue weighted by molar-refractivity contribution is 7.20. The first-order chi connectivity index (χ1) is 8.73.